The monoisotopic (exact) mass is 289 g/mol. The lowest BCUT2D eigenvalue weighted by atomic mass is 10.2. The summed E-state index contributed by atoms with van der Waals surface area (Å²) in [7, 11) is 3.03. The summed E-state index contributed by atoms with van der Waals surface area (Å²) in [4.78, 5) is 22.1. The van der Waals surface area contributed by atoms with Gasteiger partial charge in [-0.2, -0.15) is 0 Å². The highest BCUT2D eigenvalue weighted by atomic mass is 35.5. The van der Waals surface area contributed by atoms with E-state index in [9.17, 15) is 14.9 Å². The number of nitrogens with one attached hydrogen (secondary N) is 1. The van der Waals surface area contributed by atoms with Crippen molar-refractivity contribution in [3.63, 3.8) is 0 Å². The number of nitrogens with zero attached hydrogens (tertiary/aromatic N) is 2. The molecule has 0 aromatic carbocycles. The molecule has 0 spiro atoms. The lowest BCUT2D eigenvalue weighted by molar-refractivity contribution is -0.391. The number of aromatic nitrogens is 1. The van der Waals surface area contributed by atoms with Gasteiger partial charge in [-0.25, -0.2) is 4.57 Å². The predicted octanol–water partition coefficient (Wildman–Crippen LogP) is 1.31. The van der Waals surface area contributed by atoms with Crippen LogP contribution in [-0.2, 0) is 11.8 Å². The summed E-state index contributed by atoms with van der Waals surface area (Å²) in [6.45, 7) is 0.477. The summed E-state index contributed by atoms with van der Waals surface area (Å²) >= 11 is 5.74. The van der Waals surface area contributed by atoms with E-state index in [-0.39, 0.29) is 23.4 Å². The summed E-state index contributed by atoms with van der Waals surface area (Å²) in [5, 5.41) is 13.4. The van der Waals surface area contributed by atoms with Crippen LogP contribution in [0.4, 0.5) is 5.82 Å². The second kappa shape index (κ2) is 7.10. The molecule has 1 N–H and O–H groups in total. The second-order valence-electron chi connectivity index (χ2n) is 4.00. The van der Waals surface area contributed by atoms with Gasteiger partial charge in [-0.05, 0) is 17.4 Å². The molecular weight excluding hydrogens is 274 g/mol. The molecule has 1 atom stereocenters. The molecule has 1 aromatic heterocycles. The first-order valence-electron chi connectivity index (χ1n) is 5.67. The second-order valence-corrected chi connectivity index (χ2v) is 4.31. The van der Waals surface area contributed by atoms with E-state index in [2.05, 4.69) is 5.32 Å². The van der Waals surface area contributed by atoms with Crippen molar-refractivity contribution < 1.29 is 14.5 Å². The Morgan fingerprint density at radius 3 is 2.79 bits per heavy atom. The van der Waals surface area contributed by atoms with E-state index < -0.39 is 10.8 Å². The number of hydrogen-bond donors (Lipinski definition) is 1. The maximum Gasteiger partial charge on any atom is 0.323 e. The van der Waals surface area contributed by atoms with Gasteiger partial charge in [0.15, 0.2) is 5.69 Å². The Hall–Kier alpha value is -1.60. The van der Waals surface area contributed by atoms with E-state index >= 15 is 0 Å². The molecule has 0 aliphatic heterocycles. The van der Waals surface area contributed by atoms with Crippen LogP contribution in [0.1, 0.15) is 16.9 Å². The van der Waals surface area contributed by atoms with Crippen LogP contribution in [0.3, 0.4) is 0 Å². The summed E-state index contributed by atoms with van der Waals surface area (Å²) in [6.07, 6.45) is 0.582. The normalized spacial score (nSPS) is 12.2. The fraction of sp³-hybridized carbons (Fsp3) is 0.545. The predicted molar refractivity (Wildman–Crippen MR) is 70.5 cm³/mol. The van der Waals surface area contributed by atoms with Gasteiger partial charge in [0.2, 0.25) is 0 Å². The molecular formula is C11H16ClN3O4. The van der Waals surface area contributed by atoms with Crippen molar-refractivity contribution in [2.45, 2.75) is 12.5 Å². The minimum absolute atomic E-state index is 0.135. The number of alkyl halides is 1. The highest BCUT2D eigenvalue weighted by molar-refractivity contribution is 6.18. The van der Waals surface area contributed by atoms with E-state index in [0.29, 0.717) is 13.0 Å². The number of rotatable bonds is 7. The molecule has 0 bridgehead atoms. The van der Waals surface area contributed by atoms with E-state index in [1.54, 1.807) is 7.11 Å². The third kappa shape index (κ3) is 3.93. The van der Waals surface area contributed by atoms with Gasteiger partial charge in [0, 0.05) is 31.7 Å². The standard InChI is InChI=1S/C11H16ClN3O4/c1-14-9(3-4-10(14)15(17)18)11(16)13-8(7-12)5-6-19-2/h3-4,8H,5-7H2,1-2H3,(H,13,16). The Bertz CT molecular complexity index is 461. The van der Waals surface area contributed by atoms with Crippen molar-refractivity contribution in [1.29, 1.82) is 0 Å². The lowest BCUT2D eigenvalue weighted by Crippen LogP contribution is -2.37. The molecule has 0 saturated carbocycles. The molecule has 1 amide bonds. The van der Waals surface area contributed by atoms with E-state index in [1.807, 2.05) is 0 Å². The molecule has 0 aliphatic carbocycles. The van der Waals surface area contributed by atoms with E-state index in [1.165, 1.54) is 23.7 Å². The molecule has 1 heterocycles. The van der Waals surface area contributed by atoms with Gasteiger partial charge in [-0.1, -0.05) is 0 Å². The largest absolute Gasteiger partial charge is 0.385 e. The van der Waals surface area contributed by atoms with Crippen molar-refractivity contribution in [3.05, 3.63) is 27.9 Å². The van der Waals surface area contributed by atoms with Crippen LogP contribution in [0.25, 0.3) is 0 Å². The Balaban J connectivity index is 2.74. The molecule has 1 rings (SSSR count). The van der Waals surface area contributed by atoms with Crippen molar-refractivity contribution in [2.75, 3.05) is 19.6 Å². The number of hydrogen-bond acceptors (Lipinski definition) is 4. The first kappa shape index (κ1) is 15.5. The molecule has 7 nitrogen and oxygen atoms in total. The van der Waals surface area contributed by atoms with Gasteiger partial charge in [-0.15, -0.1) is 11.6 Å². The summed E-state index contributed by atoms with van der Waals surface area (Å²) in [6, 6.07) is 2.47. The first-order valence-corrected chi connectivity index (χ1v) is 6.20. The van der Waals surface area contributed by atoms with Gasteiger partial charge in [0.05, 0.1) is 7.05 Å². The van der Waals surface area contributed by atoms with Crippen LogP contribution in [0.5, 0.6) is 0 Å². The van der Waals surface area contributed by atoms with Gasteiger partial charge in [0.25, 0.3) is 5.91 Å². The number of nitro groups is 1. The number of methoxy groups -OCH3 is 1. The summed E-state index contributed by atoms with van der Waals surface area (Å²) in [5.41, 5.74) is 0.222. The third-order valence-corrected chi connectivity index (χ3v) is 3.08. The number of halogens is 1. The molecule has 0 radical (unpaired) electrons. The molecule has 106 valence electrons. The van der Waals surface area contributed by atoms with Gasteiger partial charge in [0.1, 0.15) is 0 Å². The highest BCUT2D eigenvalue weighted by Crippen LogP contribution is 2.15. The molecule has 0 fully saturated rings. The Kier molecular flexibility index (Phi) is 5.78. The maximum absolute atomic E-state index is 12.0. The SMILES string of the molecule is COCCC(CCl)NC(=O)c1ccc([N+](=O)[O-])n1C. The van der Waals surface area contributed by atoms with Gasteiger partial charge >= 0.3 is 5.82 Å². The zero-order valence-electron chi connectivity index (χ0n) is 10.8. The average Bonchev–Trinajstić information content (AvgIpc) is 2.76. The van der Waals surface area contributed by atoms with Crippen LogP contribution < -0.4 is 5.32 Å². The average molecular weight is 290 g/mol. The Morgan fingerprint density at radius 2 is 2.32 bits per heavy atom. The molecule has 0 saturated heterocycles. The van der Waals surface area contributed by atoms with E-state index in [0.717, 1.165) is 0 Å². The minimum Gasteiger partial charge on any atom is -0.385 e. The van der Waals surface area contributed by atoms with Crippen LogP contribution in [0.2, 0.25) is 0 Å². The lowest BCUT2D eigenvalue weighted by Gasteiger charge is -2.14. The zero-order chi connectivity index (χ0) is 14.4. The van der Waals surface area contributed by atoms with E-state index in [4.69, 9.17) is 16.3 Å². The Labute approximate surface area is 115 Å². The van der Waals surface area contributed by atoms with Crippen LogP contribution >= 0.6 is 11.6 Å². The molecule has 1 aromatic rings. The van der Waals surface area contributed by atoms with Crippen LogP contribution in [-0.4, -0.2) is 41.0 Å². The van der Waals surface area contributed by atoms with Crippen LogP contribution in [0.15, 0.2) is 12.1 Å². The first-order chi connectivity index (χ1) is 9.01. The zero-order valence-corrected chi connectivity index (χ0v) is 11.5. The minimum atomic E-state index is -0.541. The molecule has 1 unspecified atom stereocenters. The fourth-order valence-corrected chi connectivity index (χ4v) is 1.85. The number of ether oxygens (including phenoxy) is 1. The third-order valence-electron chi connectivity index (χ3n) is 2.71. The maximum atomic E-state index is 12.0. The summed E-state index contributed by atoms with van der Waals surface area (Å²) < 4.78 is 6.15. The molecule has 19 heavy (non-hydrogen) atoms. The Morgan fingerprint density at radius 1 is 1.63 bits per heavy atom. The highest BCUT2D eigenvalue weighted by Gasteiger charge is 2.22. The topological polar surface area (TPSA) is 86.4 Å². The molecule has 8 heteroatoms. The smallest absolute Gasteiger partial charge is 0.323 e. The van der Waals surface area contributed by atoms with Crippen molar-refractivity contribution in [3.8, 4) is 0 Å². The van der Waals surface area contributed by atoms with Gasteiger partial charge < -0.3 is 20.2 Å². The van der Waals surface area contributed by atoms with Crippen molar-refractivity contribution in [1.82, 2.24) is 9.88 Å². The van der Waals surface area contributed by atoms with Crippen molar-refractivity contribution in [2.24, 2.45) is 7.05 Å². The van der Waals surface area contributed by atoms with Gasteiger partial charge in [-0.3, -0.25) is 4.79 Å². The number of carbonyl (C=O) groups excluding carboxylic acids is 1. The molecule has 0 aliphatic rings. The number of carbonyl (C=O) groups is 1. The summed E-state index contributed by atoms with van der Waals surface area (Å²) in [5.74, 6) is -0.274. The van der Waals surface area contributed by atoms with Crippen molar-refractivity contribution >= 4 is 23.3 Å². The number of amides is 1. The fourth-order valence-electron chi connectivity index (χ4n) is 1.62. The quantitative estimate of drug-likeness (QED) is 0.466. The van der Waals surface area contributed by atoms with Crippen LogP contribution in [0, 0.1) is 10.1 Å².